The van der Waals surface area contributed by atoms with Gasteiger partial charge in [-0.25, -0.2) is 17.5 Å². The highest BCUT2D eigenvalue weighted by atomic mass is 32.2. The number of hydrogen-bond acceptors (Lipinski definition) is 2. The van der Waals surface area contributed by atoms with Crippen LogP contribution in [0.15, 0.2) is 29.2 Å². The zero-order chi connectivity index (χ0) is 13.9. The average Bonchev–Trinajstić information content (AvgIpc) is 2.55. The third-order valence-electron chi connectivity index (χ3n) is 3.57. The molecule has 0 aliphatic heterocycles. The Morgan fingerprint density at radius 3 is 2.42 bits per heavy atom. The lowest BCUT2D eigenvalue weighted by Gasteiger charge is -2.20. The van der Waals surface area contributed by atoms with Crippen LogP contribution in [0.2, 0.25) is 0 Å². The standard InChI is InChI=1S/C14H20FNO2S/c1-11-7-9-12(10-8-11)19(17,18)16-14-6-4-2-3-5-13(14)15/h7-10,13-14,16H,2-6H2,1H3/t13-,14-/m1/s1. The van der Waals surface area contributed by atoms with Crippen LogP contribution in [0.5, 0.6) is 0 Å². The quantitative estimate of drug-likeness (QED) is 0.868. The summed E-state index contributed by atoms with van der Waals surface area (Å²) in [6.07, 6.45) is 2.63. The monoisotopic (exact) mass is 285 g/mol. The van der Waals surface area contributed by atoms with Crippen molar-refractivity contribution < 1.29 is 12.8 Å². The van der Waals surface area contributed by atoms with Crippen molar-refractivity contribution >= 4 is 10.0 Å². The van der Waals surface area contributed by atoms with Crippen LogP contribution >= 0.6 is 0 Å². The zero-order valence-corrected chi connectivity index (χ0v) is 11.9. The van der Waals surface area contributed by atoms with Crippen LogP contribution in [0.4, 0.5) is 4.39 Å². The molecule has 0 spiro atoms. The molecule has 1 aliphatic carbocycles. The van der Waals surface area contributed by atoms with Crippen LogP contribution in [0.25, 0.3) is 0 Å². The van der Waals surface area contributed by atoms with E-state index in [0.29, 0.717) is 12.8 Å². The molecule has 1 N–H and O–H groups in total. The fourth-order valence-electron chi connectivity index (χ4n) is 2.38. The summed E-state index contributed by atoms with van der Waals surface area (Å²) in [5.74, 6) is 0. The largest absolute Gasteiger partial charge is 0.246 e. The molecule has 2 rings (SSSR count). The Morgan fingerprint density at radius 2 is 1.74 bits per heavy atom. The minimum atomic E-state index is -3.62. The highest BCUT2D eigenvalue weighted by Gasteiger charge is 2.28. The van der Waals surface area contributed by atoms with Gasteiger partial charge in [0.05, 0.1) is 10.9 Å². The number of benzene rings is 1. The van der Waals surface area contributed by atoms with Crippen LogP contribution in [0.3, 0.4) is 0 Å². The van der Waals surface area contributed by atoms with Gasteiger partial charge in [-0.2, -0.15) is 0 Å². The van der Waals surface area contributed by atoms with Gasteiger partial charge in [0, 0.05) is 0 Å². The smallest absolute Gasteiger partial charge is 0.240 e. The van der Waals surface area contributed by atoms with Gasteiger partial charge in [-0.05, 0) is 31.9 Å². The van der Waals surface area contributed by atoms with Gasteiger partial charge in [-0.3, -0.25) is 0 Å². The predicted octanol–water partition coefficient (Wildman–Crippen LogP) is 2.94. The maximum atomic E-state index is 13.9. The Balaban J connectivity index is 2.13. The number of nitrogens with one attached hydrogen (secondary N) is 1. The molecule has 0 unspecified atom stereocenters. The summed E-state index contributed by atoms with van der Waals surface area (Å²) in [5, 5.41) is 0. The SMILES string of the molecule is Cc1ccc(S(=O)(=O)N[C@@H]2CCCCC[C@H]2F)cc1. The average molecular weight is 285 g/mol. The lowest BCUT2D eigenvalue weighted by atomic mass is 10.1. The molecule has 1 aliphatic rings. The Kier molecular flexibility index (Phi) is 4.58. The third-order valence-corrected chi connectivity index (χ3v) is 5.08. The molecule has 2 atom stereocenters. The van der Waals surface area contributed by atoms with E-state index in [1.165, 1.54) is 0 Å². The van der Waals surface area contributed by atoms with Crippen molar-refractivity contribution in [3.8, 4) is 0 Å². The lowest BCUT2D eigenvalue weighted by Crippen LogP contribution is -2.40. The van der Waals surface area contributed by atoms with Crippen LogP contribution in [0.1, 0.15) is 37.7 Å². The first-order valence-electron chi connectivity index (χ1n) is 6.72. The molecule has 0 bridgehead atoms. The minimum absolute atomic E-state index is 0.203. The molecule has 1 saturated carbocycles. The summed E-state index contributed by atoms with van der Waals surface area (Å²) in [4.78, 5) is 0.203. The van der Waals surface area contributed by atoms with Gasteiger partial charge in [0.25, 0.3) is 0 Å². The van der Waals surface area contributed by atoms with Gasteiger partial charge in [0.15, 0.2) is 0 Å². The number of rotatable bonds is 3. The Labute approximate surface area is 114 Å². The molecule has 106 valence electrons. The van der Waals surface area contributed by atoms with Gasteiger partial charge >= 0.3 is 0 Å². The van der Waals surface area contributed by atoms with Crippen molar-refractivity contribution in [2.45, 2.75) is 56.1 Å². The fourth-order valence-corrected chi connectivity index (χ4v) is 3.67. The first-order chi connectivity index (χ1) is 8.99. The highest BCUT2D eigenvalue weighted by molar-refractivity contribution is 7.89. The summed E-state index contributed by atoms with van der Waals surface area (Å²) in [7, 11) is -3.62. The van der Waals surface area contributed by atoms with E-state index in [-0.39, 0.29) is 4.90 Å². The van der Waals surface area contributed by atoms with E-state index in [9.17, 15) is 12.8 Å². The highest BCUT2D eigenvalue weighted by Crippen LogP contribution is 2.22. The van der Waals surface area contributed by atoms with E-state index in [1.807, 2.05) is 6.92 Å². The Bertz CT molecular complexity index is 513. The molecule has 0 heterocycles. The van der Waals surface area contributed by atoms with E-state index in [2.05, 4.69) is 4.72 Å². The molecule has 3 nitrogen and oxygen atoms in total. The molecular weight excluding hydrogens is 265 g/mol. The zero-order valence-electron chi connectivity index (χ0n) is 11.1. The van der Waals surface area contributed by atoms with Crippen LogP contribution in [-0.4, -0.2) is 20.6 Å². The van der Waals surface area contributed by atoms with Crippen molar-refractivity contribution in [3.63, 3.8) is 0 Å². The molecular formula is C14H20FNO2S. The Morgan fingerprint density at radius 1 is 1.11 bits per heavy atom. The third kappa shape index (κ3) is 3.76. The molecule has 5 heteroatoms. The summed E-state index contributed by atoms with van der Waals surface area (Å²) >= 11 is 0. The molecule has 1 fully saturated rings. The first kappa shape index (κ1) is 14.5. The summed E-state index contributed by atoms with van der Waals surface area (Å²) in [6, 6.07) is 6.01. The number of halogens is 1. The number of alkyl halides is 1. The summed E-state index contributed by atoms with van der Waals surface area (Å²) in [5.41, 5.74) is 0.997. The second-order valence-corrected chi connectivity index (χ2v) is 6.91. The summed E-state index contributed by atoms with van der Waals surface area (Å²) in [6.45, 7) is 1.90. The van der Waals surface area contributed by atoms with E-state index in [0.717, 1.165) is 24.8 Å². The van der Waals surface area contributed by atoms with Crippen molar-refractivity contribution in [3.05, 3.63) is 29.8 Å². The van der Waals surface area contributed by atoms with E-state index < -0.39 is 22.2 Å². The minimum Gasteiger partial charge on any atom is -0.246 e. The molecule has 1 aromatic rings. The maximum absolute atomic E-state index is 13.9. The van der Waals surface area contributed by atoms with Crippen molar-refractivity contribution in [2.75, 3.05) is 0 Å². The van der Waals surface area contributed by atoms with E-state index in [1.54, 1.807) is 24.3 Å². The molecule has 0 aromatic heterocycles. The second-order valence-electron chi connectivity index (χ2n) is 5.19. The summed E-state index contributed by atoms with van der Waals surface area (Å²) < 4.78 is 40.8. The maximum Gasteiger partial charge on any atom is 0.240 e. The molecule has 19 heavy (non-hydrogen) atoms. The fraction of sp³-hybridized carbons (Fsp3) is 0.571. The van der Waals surface area contributed by atoms with Crippen LogP contribution in [-0.2, 0) is 10.0 Å². The van der Waals surface area contributed by atoms with Gasteiger partial charge in [0.2, 0.25) is 10.0 Å². The number of hydrogen-bond donors (Lipinski definition) is 1. The molecule has 0 saturated heterocycles. The van der Waals surface area contributed by atoms with Gasteiger partial charge in [0.1, 0.15) is 6.17 Å². The van der Waals surface area contributed by atoms with E-state index in [4.69, 9.17) is 0 Å². The van der Waals surface area contributed by atoms with Gasteiger partial charge in [-0.15, -0.1) is 0 Å². The molecule has 0 amide bonds. The Hall–Kier alpha value is -0.940. The first-order valence-corrected chi connectivity index (χ1v) is 8.20. The van der Waals surface area contributed by atoms with E-state index >= 15 is 0 Å². The van der Waals surface area contributed by atoms with Crippen molar-refractivity contribution in [1.29, 1.82) is 0 Å². The predicted molar refractivity (Wildman–Crippen MR) is 73.3 cm³/mol. The van der Waals surface area contributed by atoms with Crippen LogP contribution in [0, 0.1) is 6.92 Å². The topological polar surface area (TPSA) is 46.2 Å². The normalized spacial score (nSPS) is 24.9. The molecule has 1 aromatic carbocycles. The van der Waals surface area contributed by atoms with Gasteiger partial charge < -0.3 is 0 Å². The van der Waals surface area contributed by atoms with Crippen molar-refractivity contribution in [1.82, 2.24) is 4.72 Å². The molecule has 0 radical (unpaired) electrons. The number of aryl methyl sites for hydroxylation is 1. The second kappa shape index (κ2) is 6.01. The van der Waals surface area contributed by atoms with Gasteiger partial charge in [-0.1, -0.05) is 37.0 Å². The van der Waals surface area contributed by atoms with Crippen molar-refractivity contribution in [2.24, 2.45) is 0 Å². The van der Waals surface area contributed by atoms with Crippen LogP contribution < -0.4 is 4.72 Å². The lowest BCUT2D eigenvalue weighted by molar-refractivity contribution is 0.255. The number of sulfonamides is 1.